The lowest BCUT2D eigenvalue weighted by Gasteiger charge is -2.19. The molecule has 0 spiro atoms. The lowest BCUT2D eigenvalue weighted by molar-refractivity contribution is 0.0784. The Morgan fingerprint density at radius 2 is 1.85 bits per heavy atom. The molecule has 0 aliphatic carbocycles. The van der Waals surface area contributed by atoms with Crippen molar-refractivity contribution in [1.29, 1.82) is 0 Å². The number of hydrogen-bond donors (Lipinski definition) is 1. The molecule has 4 rings (SSSR count). The van der Waals surface area contributed by atoms with Gasteiger partial charge in [-0.3, -0.25) is 9.59 Å². The standard InChI is InChI=1S/C24H24N6O2S/c1-15-11-16(2)30-23(26-15)27-24(28-30)33-14-19-8-4-5-10-20(19)22(32)29(3)13-17-7-6-9-18(12-17)21(25)31/h4-12H,13-14H2,1-3H3,(H2,25,31). The number of benzene rings is 2. The van der Waals surface area contributed by atoms with Crippen molar-refractivity contribution in [2.75, 3.05) is 7.05 Å². The van der Waals surface area contributed by atoms with Gasteiger partial charge in [-0.05, 0) is 49.2 Å². The summed E-state index contributed by atoms with van der Waals surface area (Å²) in [6.45, 7) is 4.25. The van der Waals surface area contributed by atoms with Gasteiger partial charge in [0.15, 0.2) is 0 Å². The van der Waals surface area contributed by atoms with Gasteiger partial charge in [0.2, 0.25) is 11.1 Å². The summed E-state index contributed by atoms with van der Waals surface area (Å²) in [5.74, 6) is 0.514. The van der Waals surface area contributed by atoms with Crippen LogP contribution in [0.15, 0.2) is 59.8 Å². The molecule has 9 heteroatoms. The fourth-order valence-corrected chi connectivity index (χ4v) is 4.40. The van der Waals surface area contributed by atoms with E-state index in [9.17, 15) is 9.59 Å². The average Bonchev–Trinajstić information content (AvgIpc) is 3.21. The van der Waals surface area contributed by atoms with Crippen LogP contribution in [0.3, 0.4) is 0 Å². The van der Waals surface area contributed by atoms with Gasteiger partial charge in [0.1, 0.15) is 0 Å². The average molecular weight is 461 g/mol. The van der Waals surface area contributed by atoms with Gasteiger partial charge in [-0.2, -0.15) is 4.98 Å². The zero-order valence-corrected chi connectivity index (χ0v) is 19.5. The zero-order valence-electron chi connectivity index (χ0n) is 18.6. The molecule has 0 aliphatic rings. The van der Waals surface area contributed by atoms with Crippen LogP contribution in [0.25, 0.3) is 5.78 Å². The van der Waals surface area contributed by atoms with E-state index in [1.165, 1.54) is 11.8 Å². The first-order valence-corrected chi connectivity index (χ1v) is 11.4. The van der Waals surface area contributed by atoms with Crippen LogP contribution in [0, 0.1) is 13.8 Å². The highest BCUT2D eigenvalue weighted by molar-refractivity contribution is 7.98. The Kier molecular flexibility index (Phi) is 6.41. The van der Waals surface area contributed by atoms with E-state index in [1.807, 2.05) is 50.2 Å². The van der Waals surface area contributed by atoms with Crippen LogP contribution in [-0.2, 0) is 12.3 Å². The predicted octanol–water partition coefficient (Wildman–Crippen LogP) is 3.40. The van der Waals surface area contributed by atoms with Crippen LogP contribution in [0.2, 0.25) is 0 Å². The van der Waals surface area contributed by atoms with E-state index < -0.39 is 5.91 Å². The third-order valence-electron chi connectivity index (χ3n) is 5.18. The van der Waals surface area contributed by atoms with Crippen molar-refractivity contribution in [2.24, 2.45) is 5.73 Å². The first-order valence-electron chi connectivity index (χ1n) is 10.4. The fourth-order valence-electron chi connectivity index (χ4n) is 3.58. The number of aryl methyl sites for hydroxylation is 2. The molecule has 0 saturated carbocycles. The van der Waals surface area contributed by atoms with E-state index in [4.69, 9.17) is 5.73 Å². The van der Waals surface area contributed by atoms with Gasteiger partial charge in [0.25, 0.3) is 11.7 Å². The number of nitrogens with zero attached hydrogens (tertiary/aromatic N) is 5. The minimum atomic E-state index is -0.491. The molecule has 2 amide bonds. The van der Waals surface area contributed by atoms with E-state index in [-0.39, 0.29) is 5.91 Å². The van der Waals surface area contributed by atoms with Crippen LogP contribution >= 0.6 is 11.8 Å². The van der Waals surface area contributed by atoms with Gasteiger partial charge in [-0.25, -0.2) is 9.50 Å². The van der Waals surface area contributed by atoms with E-state index in [0.29, 0.717) is 34.4 Å². The van der Waals surface area contributed by atoms with Crippen molar-refractivity contribution >= 4 is 29.4 Å². The molecular weight excluding hydrogens is 436 g/mol. The van der Waals surface area contributed by atoms with Gasteiger partial charge < -0.3 is 10.6 Å². The van der Waals surface area contributed by atoms with Gasteiger partial charge in [0.05, 0.1) is 0 Å². The second-order valence-electron chi connectivity index (χ2n) is 7.82. The Labute approximate surface area is 195 Å². The maximum absolute atomic E-state index is 13.2. The number of aromatic nitrogens is 4. The molecule has 4 aromatic rings. The molecule has 0 saturated heterocycles. The van der Waals surface area contributed by atoms with Crippen molar-refractivity contribution in [2.45, 2.75) is 31.3 Å². The van der Waals surface area contributed by atoms with E-state index in [1.54, 1.807) is 34.7 Å². The normalized spacial score (nSPS) is 11.0. The summed E-state index contributed by atoms with van der Waals surface area (Å²) in [4.78, 5) is 35.2. The summed E-state index contributed by atoms with van der Waals surface area (Å²) in [5, 5.41) is 5.14. The third-order valence-corrected chi connectivity index (χ3v) is 6.07. The van der Waals surface area contributed by atoms with Crippen LogP contribution in [0.4, 0.5) is 0 Å². The molecule has 0 atom stereocenters. The SMILES string of the molecule is Cc1cc(C)n2nc(SCc3ccccc3C(=O)N(C)Cc3cccc(C(N)=O)c3)nc2n1. The van der Waals surface area contributed by atoms with Crippen molar-refractivity contribution < 1.29 is 9.59 Å². The van der Waals surface area contributed by atoms with Crippen molar-refractivity contribution in [3.05, 3.63) is 88.2 Å². The summed E-state index contributed by atoms with van der Waals surface area (Å²) in [5.41, 5.74) is 10.00. The van der Waals surface area contributed by atoms with Crippen molar-refractivity contribution in [3.63, 3.8) is 0 Å². The number of carbonyl (C=O) groups is 2. The van der Waals surface area contributed by atoms with E-state index in [2.05, 4.69) is 15.1 Å². The number of rotatable bonds is 7. The molecule has 2 aromatic heterocycles. The highest BCUT2D eigenvalue weighted by Gasteiger charge is 2.17. The summed E-state index contributed by atoms with van der Waals surface area (Å²) in [6, 6.07) is 16.5. The summed E-state index contributed by atoms with van der Waals surface area (Å²) in [7, 11) is 1.74. The Morgan fingerprint density at radius 3 is 2.64 bits per heavy atom. The molecule has 8 nitrogen and oxygen atoms in total. The van der Waals surface area contributed by atoms with Gasteiger partial charge in [-0.15, -0.1) is 5.10 Å². The molecular formula is C24H24N6O2S. The number of amides is 2. The monoisotopic (exact) mass is 460 g/mol. The Hall–Kier alpha value is -3.72. The lowest BCUT2D eigenvalue weighted by atomic mass is 10.1. The van der Waals surface area contributed by atoms with Crippen LogP contribution in [-0.4, -0.2) is 43.3 Å². The number of thioether (sulfide) groups is 1. The molecule has 0 fully saturated rings. The first kappa shape index (κ1) is 22.5. The predicted molar refractivity (Wildman–Crippen MR) is 127 cm³/mol. The molecule has 2 heterocycles. The molecule has 2 N–H and O–H groups in total. The molecule has 168 valence electrons. The van der Waals surface area contributed by atoms with Crippen LogP contribution in [0.1, 0.15) is 43.2 Å². The third kappa shape index (κ3) is 5.04. The molecule has 0 unspecified atom stereocenters. The van der Waals surface area contributed by atoms with Gasteiger partial charge in [-0.1, -0.05) is 42.1 Å². The molecule has 0 aliphatic heterocycles. The second kappa shape index (κ2) is 9.41. The maximum Gasteiger partial charge on any atom is 0.254 e. The van der Waals surface area contributed by atoms with E-state index >= 15 is 0 Å². The van der Waals surface area contributed by atoms with Crippen molar-refractivity contribution in [1.82, 2.24) is 24.5 Å². The minimum absolute atomic E-state index is 0.105. The number of fused-ring (bicyclic) bond motifs is 1. The lowest BCUT2D eigenvalue weighted by Crippen LogP contribution is -2.27. The summed E-state index contributed by atoms with van der Waals surface area (Å²) < 4.78 is 1.72. The summed E-state index contributed by atoms with van der Waals surface area (Å²) in [6.07, 6.45) is 0. The zero-order chi connectivity index (χ0) is 23.5. The largest absolute Gasteiger partial charge is 0.366 e. The topological polar surface area (TPSA) is 106 Å². The fraction of sp³-hybridized carbons (Fsp3) is 0.208. The first-order chi connectivity index (χ1) is 15.8. The quantitative estimate of drug-likeness (QED) is 0.424. The Bertz CT molecular complexity index is 1350. The van der Waals surface area contributed by atoms with Crippen LogP contribution in [0.5, 0.6) is 0 Å². The molecule has 33 heavy (non-hydrogen) atoms. The number of carbonyl (C=O) groups excluding carboxylic acids is 2. The van der Waals surface area contributed by atoms with Crippen LogP contribution < -0.4 is 5.73 Å². The highest BCUT2D eigenvalue weighted by Crippen LogP contribution is 2.24. The minimum Gasteiger partial charge on any atom is -0.366 e. The number of nitrogens with two attached hydrogens (primary N) is 1. The maximum atomic E-state index is 13.2. The smallest absolute Gasteiger partial charge is 0.254 e. The summed E-state index contributed by atoms with van der Waals surface area (Å²) >= 11 is 1.46. The second-order valence-corrected chi connectivity index (χ2v) is 8.76. The Morgan fingerprint density at radius 1 is 1.06 bits per heavy atom. The van der Waals surface area contributed by atoms with E-state index in [0.717, 1.165) is 22.5 Å². The Balaban J connectivity index is 1.50. The molecule has 0 radical (unpaired) electrons. The highest BCUT2D eigenvalue weighted by atomic mass is 32.2. The van der Waals surface area contributed by atoms with Gasteiger partial charge in [0, 0.05) is 41.9 Å². The molecule has 2 aromatic carbocycles. The molecule has 0 bridgehead atoms. The number of hydrogen-bond acceptors (Lipinski definition) is 6. The number of primary amides is 1. The van der Waals surface area contributed by atoms with Gasteiger partial charge >= 0.3 is 0 Å². The van der Waals surface area contributed by atoms with Crippen molar-refractivity contribution in [3.8, 4) is 0 Å².